The van der Waals surface area contributed by atoms with Gasteiger partial charge in [-0.3, -0.25) is 0 Å². The fourth-order valence-electron chi connectivity index (χ4n) is 2.07. The molecule has 0 radical (unpaired) electrons. The molecule has 0 bridgehead atoms. The van der Waals surface area contributed by atoms with Crippen LogP contribution < -0.4 is 5.32 Å². The molecule has 3 aromatic rings. The Hall–Kier alpha value is -1.24. The van der Waals surface area contributed by atoms with E-state index in [1.165, 1.54) is 4.88 Å². The molecular weight excluding hydrogens is 324 g/mol. The summed E-state index contributed by atoms with van der Waals surface area (Å²) < 4.78 is 0. The minimum atomic E-state index is 0.0860. The molecule has 3 heterocycles. The molecular formula is C14H15ClN4S2. The number of hydrogen-bond acceptors (Lipinski definition) is 6. The van der Waals surface area contributed by atoms with Crippen molar-refractivity contribution in [1.29, 1.82) is 0 Å². The summed E-state index contributed by atoms with van der Waals surface area (Å²) in [6.07, 6.45) is 0.985. The number of nitrogens with one attached hydrogen (secondary N) is 1. The first kappa shape index (κ1) is 14.7. The highest BCUT2D eigenvalue weighted by Crippen LogP contribution is 2.32. The van der Waals surface area contributed by atoms with E-state index in [4.69, 9.17) is 11.6 Å². The van der Waals surface area contributed by atoms with Gasteiger partial charge in [-0.2, -0.15) is 0 Å². The van der Waals surface area contributed by atoms with Crippen molar-refractivity contribution < 1.29 is 0 Å². The van der Waals surface area contributed by atoms with E-state index >= 15 is 0 Å². The standard InChI is InChI=1S/C14H15ClN4S2/c1-4-9-5-10-11(18-14(15)19-13(10)21-9)17-8(3)12-16-7(2)6-20-12/h5-6,8H,4H2,1-3H3,(H,17,18,19). The summed E-state index contributed by atoms with van der Waals surface area (Å²) in [5.74, 6) is 0.779. The highest BCUT2D eigenvalue weighted by molar-refractivity contribution is 7.18. The van der Waals surface area contributed by atoms with Crippen LogP contribution in [0.1, 0.15) is 35.5 Å². The summed E-state index contributed by atoms with van der Waals surface area (Å²) >= 11 is 9.35. The molecule has 0 saturated carbocycles. The lowest BCUT2D eigenvalue weighted by atomic mass is 10.3. The van der Waals surface area contributed by atoms with Gasteiger partial charge in [0.25, 0.3) is 0 Å². The van der Waals surface area contributed by atoms with Crippen LogP contribution in [-0.4, -0.2) is 15.0 Å². The molecule has 3 aromatic heterocycles. The molecule has 0 aliphatic carbocycles. The van der Waals surface area contributed by atoms with E-state index in [2.05, 4.69) is 45.6 Å². The number of halogens is 1. The van der Waals surface area contributed by atoms with Crippen LogP contribution in [0.25, 0.3) is 10.2 Å². The first-order valence-electron chi connectivity index (χ1n) is 6.71. The SMILES string of the molecule is CCc1cc2c(NC(C)c3nc(C)cs3)nc(Cl)nc2s1. The highest BCUT2D eigenvalue weighted by Gasteiger charge is 2.15. The van der Waals surface area contributed by atoms with Crippen molar-refractivity contribution in [2.45, 2.75) is 33.2 Å². The summed E-state index contributed by atoms with van der Waals surface area (Å²) in [5, 5.41) is 7.81. The summed E-state index contributed by atoms with van der Waals surface area (Å²) in [5.41, 5.74) is 1.04. The van der Waals surface area contributed by atoms with Gasteiger partial charge in [-0.1, -0.05) is 6.92 Å². The normalized spacial score (nSPS) is 12.8. The van der Waals surface area contributed by atoms with Gasteiger partial charge in [0, 0.05) is 16.0 Å². The fraction of sp³-hybridized carbons (Fsp3) is 0.357. The quantitative estimate of drug-likeness (QED) is 0.691. The third-order valence-corrected chi connectivity index (χ3v) is 5.61. The summed E-state index contributed by atoms with van der Waals surface area (Å²) in [6.45, 7) is 6.21. The van der Waals surface area contributed by atoms with Crippen LogP contribution in [-0.2, 0) is 6.42 Å². The van der Waals surface area contributed by atoms with E-state index < -0.39 is 0 Å². The minimum absolute atomic E-state index is 0.0860. The topological polar surface area (TPSA) is 50.7 Å². The second kappa shape index (κ2) is 5.87. The van der Waals surface area contributed by atoms with Crippen LogP contribution in [0.2, 0.25) is 5.28 Å². The smallest absolute Gasteiger partial charge is 0.225 e. The fourth-order valence-corrected chi connectivity index (χ4v) is 4.06. The molecule has 4 nitrogen and oxygen atoms in total. The van der Waals surface area contributed by atoms with Gasteiger partial charge in [0.15, 0.2) is 0 Å². The second-order valence-electron chi connectivity index (χ2n) is 4.82. The molecule has 0 fully saturated rings. The van der Waals surface area contributed by atoms with Crippen LogP contribution in [0.3, 0.4) is 0 Å². The molecule has 3 rings (SSSR count). The van der Waals surface area contributed by atoms with Crippen molar-refractivity contribution in [1.82, 2.24) is 15.0 Å². The maximum atomic E-state index is 6.04. The lowest BCUT2D eigenvalue weighted by Gasteiger charge is -2.12. The number of rotatable bonds is 4. The Labute approximate surface area is 136 Å². The molecule has 1 unspecified atom stereocenters. The Kier molecular flexibility index (Phi) is 4.10. The third kappa shape index (κ3) is 3.02. The maximum absolute atomic E-state index is 6.04. The van der Waals surface area contributed by atoms with Crippen LogP contribution in [0.15, 0.2) is 11.4 Å². The second-order valence-corrected chi connectivity index (χ2v) is 7.16. The lowest BCUT2D eigenvalue weighted by molar-refractivity contribution is 0.857. The largest absolute Gasteiger partial charge is 0.360 e. The number of thiazole rings is 1. The number of hydrogen-bond donors (Lipinski definition) is 1. The average molecular weight is 339 g/mol. The number of aryl methyl sites for hydroxylation is 2. The van der Waals surface area contributed by atoms with Gasteiger partial charge in [-0.05, 0) is 37.9 Å². The summed E-state index contributed by atoms with van der Waals surface area (Å²) in [4.78, 5) is 15.4. The van der Waals surface area contributed by atoms with Crippen LogP contribution in [0.5, 0.6) is 0 Å². The van der Waals surface area contributed by atoms with E-state index in [1.54, 1.807) is 22.7 Å². The molecule has 1 atom stereocenters. The minimum Gasteiger partial charge on any atom is -0.360 e. The molecule has 0 saturated heterocycles. The lowest BCUT2D eigenvalue weighted by Crippen LogP contribution is -2.08. The van der Waals surface area contributed by atoms with Crippen molar-refractivity contribution in [3.8, 4) is 0 Å². The average Bonchev–Trinajstić information content (AvgIpc) is 3.04. The van der Waals surface area contributed by atoms with Crippen LogP contribution >= 0.6 is 34.3 Å². The molecule has 0 amide bonds. The Morgan fingerprint density at radius 1 is 1.33 bits per heavy atom. The van der Waals surface area contributed by atoms with Gasteiger partial charge in [0.05, 0.1) is 11.4 Å². The zero-order chi connectivity index (χ0) is 15.0. The van der Waals surface area contributed by atoms with Crippen LogP contribution in [0.4, 0.5) is 5.82 Å². The summed E-state index contributed by atoms with van der Waals surface area (Å²) in [7, 11) is 0. The number of nitrogens with zero attached hydrogens (tertiary/aromatic N) is 3. The van der Waals surface area contributed by atoms with Gasteiger partial charge in [0.1, 0.15) is 15.7 Å². The number of fused-ring (bicyclic) bond motifs is 1. The van der Waals surface area contributed by atoms with Crippen molar-refractivity contribution >= 4 is 50.3 Å². The molecule has 1 N–H and O–H groups in total. The van der Waals surface area contributed by atoms with Gasteiger partial charge >= 0.3 is 0 Å². The maximum Gasteiger partial charge on any atom is 0.225 e. The molecule has 7 heteroatoms. The zero-order valence-electron chi connectivity index (χ0n) is 12.0. The van der Waals surface area contributed by atoms with E-state index in [0.717, 1.165) is 33.2 Å². The third-order valence-electron chi connectivity index (χ3n) is 3.13. The van der Waals surface area contributed by atoms with E-state index in [9.17, 15) is 0 Å². The van der Waals surface area contributed by atoms with Crippen molar-refractivity contribution in [2.24, 2.45) is 0 Å². The Morgan fingerprint density at radius 2 is 2.14 bits per heavy atom. The van der Waals surface area contributed by atoms with Crippen molar-refractivity contribution in [2.75, 3.05) is 5.32 Å². The van der Waals surface area contributed by atoms with Gasteiger partial charge in [-0.15, -0.1) is 22.7 Å². The van der Waals surface area contributed by atoms with E-state index in [0.29, 0.717) is 0 Å². The Balaban J connectivity index is 1.97. The molecule has 0 aliphatic heterocycles. The predicted molar refractivity (Wildman–Crippen MR) is 90.7 cm³/mol. The molecule has 0 spiro atoms. The Bertz CT molecular complexity index is 780. The predicted octanol–water partition coefficient (Wildman–Crippen LogP) is 4.85. The van der Waals surface area contributed by atoms with Gasteiger partial charge < -0.3 is 5.32 Å². The number of thiophene rings is 1. The molecule has 0 aliphatic rings. The molecule has 0 aromatic carbocycles. The highest BCUT2D eigenvalue weighted by atomic mass is 35.5. The Morgan fingerprint density at radius 3 is 2.81 bits per heavy atom. The zero-order valence-corrected chi connectivity index (χ0v) is 14.4. The summed E-state index contributed by atoms with van der Waals surface area (Å²) in [6, 6.07) is 2.22. The van der Waals surface area contributed by atoms with E-state index in [1.807, 2.05) is 6.92 Å². The van der Waals surface area contributed by atoms with E-state index in [-0.39, 0.29) is 11.3 Å². The van der Waals surface area contributed by atoms with Crippen molar-refractivity contribution in [3.63, 3.8) is 0 Å². The molecule has 110 valence electrons. The number of anilines is 1. The van der Waals surface area contributed by atoms with Gasteiger partial charge in [-0.25, -0.2) is 15.0 Å². The van der Waals surface area contributed by atoms with Crippen LogP contribution in [0, 0.1) is 6.92 Å². The first-order chi connectivity index (χ1) is 10.1. The number of aromatic nitrogens is 3. The monoisotopic (exact) mass is 338 g/mol. The van der Waals surface area contributed by atoms with Gasteiger partial charge in [0.2, 0.25) is 5.28 Å². The first-order valence-corrected chi connectivity index (χ1v) is 8.78. The molecule has 21 heavy (non-hydrogen) atoms. The van der Waals surface area contributed by atoms with Crippen molar-refractivity contribution in [3.05, 3.63) is 32.3 Å².